The molecule has 7 aromatic rings. The van der Waals surface area contributed by atoms with Gasteiger partial charge < -0.3 is 14.9 Å². The third-order valence-corrected chi connectivity index (χ3v) is 13.2. The Balaban J connectivity index is 0.00000104. The molecule has 0 unspecified atom stereocenters. The minimum Gasteiger partial charge on any atom is -0.505 e. The number of hydrogen-bond donors (Lipinski definition) is 6. The zero-order chi connectivity index (χ0) is 56.9. The van der Waals surface area contributed by atoms with Gasteiger partial charge in [0, 0.05) is 16.8 Å². The fourth-order valence-electron chi connectivity index (χ4n) is 5.94. The summed E-state index contributed by atoms with van der Waals surface area (Å²) in [5.41, 5.74) is -0.0296. The predicted molar refractivity (Wildman–Crippen MR) is 255 cm³/mol. The zero-order valence-electron chi connectivity index (χ0n) is 37.2. The van der Waals surface area contributed by atoms with Crippen molar-refractivity contribution in [2.24, 2.45) is 30.7 Å². The molecule has 0 saturated heterocycles. The van der Waals surface area contributed by atoms with Gasteiger partial charge in [0.25, 0.3) is 40.5 Å². The molecule has 32 nitrogen and oxygen atoms in total. The van der Waals surface area contributed by atoms with E-state index in [1.54, 1.807) is 6.92 Å². The van der Waals surface area contributed by atoms with Crippen LogP contribution in [0.5, 0.6) is 17.4 Å². The van der Waals surface area contributed by atoms with E-state index in [9.17, 15) is 57.5 Å². The third kappa shape index (κ3) is 17.2. The predicted octanol–water partition coefficient (Wildman–Crippen LogP) is 5.41. The number of aromatic hydroxyl groups is 2. The number of azo groups is 3. The number of para-hydroxylation sites is 1. The SMILES string of the molecule is Cc1cc(N=Nc2ccc3c(S(=O)(=O)O)c(N=Nc4cnn(-c5cc(S(=O)(=O)O)cc(S(=O)(=O)O)c5)c4O)ccc3c2O)c(OCCCS(=O)(=O)O)cc1N=Nc1nc2ccccc2s1.O=C=O.O=S(=O)=O.O=S(=O)=O. The summed E-state index contributed by atoms with van der Waals surface area (Å²) in [6.45, 7) is 1.50. The molecule has 0 amide bonds. The summed E-state index contributed by atoms with van der Waals surface area (Å²) in [7, 11) is -25.7. The summed E-state index contributed by atoms with van der Waals surface area (Å²) in [6, 6.07) is 16.8. The van der Waals surface area contributed by atoms with E-state index in [0.29, 0.717) is 39.3 Å². The smallest absolute Gasteiger partial charge is 0.425 e. The van der Waals surface area contributed by atoms with Gasteiger partial charge in [0.05, 0.1) is 49.9 Å². The summed E-state index contributed by atoms with van der Waals surface area (Å²) in [4.78, 5) is 17.8. The van der Waals surface area contributed by atoms with E-state index in [1.165, 1.54) is 35.6 Å². The number of carbonyl (C=O) groups excluding carboxylic acids is 2. The molecule has 2 heterocycles. The normalized spacial score (nSPS) is 11.9. The van der Waals surface area contributed by atoms with Gasteiger partial charge in [0.15, 0.2) is 11.4 Å². The Hall–Kier alpha value is -8.08. The molecule has 0 aliphatic carbocycles. The molecule has 0 aliphatic heterocycles. The van der Waals surface area contributed by atoms with E-state index in [-0.39, 0.29) is 47.1 Å². The van der Waals surface area contributed by atoms with E-state index < -0.39 is 111 Å². The fourth-order valence-corrected chi connectivity index (χ4v) is 9.21. The van der Waals surface area contributed by atoms with Gasteiger partial charge in [-0.2, -0.15) is 53.0 Å². The van der Waals surface area contributed by atoms with Crippen LogP contribution in [0, 0.1) is 6.92 Å². The van der Waals surface area contributed by atoms with Gasteiger partial charge >= 0.3 is 27.4 Å². The van der Waals surface area contributed by atoms with E-state index in [0.717, 1.165) is 28.5 Å². The third-order valence-electron chi connectivity index (χ3n) is 8.91. The number of aryl methyl sites for hydroxylation is 1. The van der Waals surface area contributed by atoms with Crippen molar-refractivity contribution in [3.8, 4) is 23.1 Å². The average molecular weight is 1190 g/mol. The highest BCUT2D eigenvalue weighted by molar-refractivity contribution is 7.87. The average Bonchev–Trinajstić information content (AvgIpc) is 3.90. The maximum atomic E-state index is 12.7. The van der Waals surface area contributed by atoms with E-state index in [1.807, 2.05) is 24.3 Å². The van der Waals surface area contributed by atoms with Crippen LogP contribution in [0.15, 0.2) is 130 Å². The second-order valence-corrected chi connectivity index (χ2v) is 21.5. The van der Waals surface area contributed by atoms with Gasteiger partial charge in [-0.3, -0.25) is 18.2 Å². The Bertz CT molecular complexity index is 4100. The highest BCUT2D eigenvalue weighted by atomic mass is 32.2. The number of rotatable bonds is 15. The molecule has 0 radical (unpaired) electrons. The second-order valence-electron chi connectivity index (χ2n) is 13.9. The van der Waals surface area contributed by atoms with Crippen LogP contribution in [0.25, 0.3) is 26.7 Å². The van der Waals surface area contributed by atoms with Crippen molar-refractivity contribution in [1.29, 1.82) is 0 Å². The maximum Gasteiger partial charge on any atom is 0.425 e. The number of hydrogen-bond acceptors (Lipinski definition) is 28. The molecule has 2 aromatic heterocycles. The fraction of sp³-hybridized carbons (Fsp3) is 0.108. The number of phenols is 1. The molecule has 402 valence electrons. The standard InChI is InChI=1S/C36H29N9O15S5.CO2.2O3S/c1-19-13-29(31(60-11-4-12-62(48,49)50)17-28(19)41-44-36-38-25-5-2-3-6-32(25)61-36)42-39-26-9-8-24-23(33(26)46)7-10-27(34(24)65(57,58)59)40-43-30-18-37-45(35(30)47)20-14-21(63(51,52)53)16-22(15-20)64(54,55)56;2-1-3;2*1-4(2)3/h2-3,5-10,13-18,46-47H,4,11-12H2,1H3,(H,48,49,50)(H,51,52,53)(H,54,55,56)(H,57,58,59);;;. The molecule has 0 aliphatic rings. The number of fused-ring (bicyclic) bond motifs is 2. The van der Waals surface area contributed by atoms with Crippen LogP contribution in [-0.2, 0) is 71.3 Å². The number of phenolic OH excluding ortho intramolecular Hbond substituents is 1. The van der Waals surface area contributed by atoms with Crippen molar-refractivity contribution in [2.45, 2.75) is 28.0 Å². The molecule has 76 heavy (non-hydrogen) atoms. The zero-order valence-corrected chi connectivity index (χ0v) is 42.9. The molecule has 0 fully saturated rings. The lowest BCUT2D eigenvalue weighted by atomic mass is 10.1. The van der Waals surface area contributed by atoms with Gasteiger partial charge in [0.1, 0.15) is 27.7 Å². The number of benzene rings is 5. The molecule has 7 rings (SSSR count). The van der Waals surface area contributed by atoms with Gasteiger partial charge in [-0.25, -0.2) is 4.98 Å². The highest BCUT2D eigenvalue weighted by Crippen LogP contribution is 2.44. The monoisotopic (exact) mass is 1190 g/mol. The van der Waals surface area contributed by atoms with E-state index >= 15 is 0 Å². The molecular formula is C37H29N9O23S7. The Kier molecular flexibility index (Phi) is 20.2. The molecule has 6 N–H and O–H groups in total. The largest absolute Gasteiger partial charge is 0.505 e. The number of aromatic nitrogens is 3. The number of nitrogens with zero attached hydrogens (tertiary/aromatic N) is 9. The quantitative estimate of drug-likeness (QED) is 0.0424. The number of ether oxygens (including phenoxy) is 1. The molecule has 0 bridgehead atoms. The van der Waals surface area contributed by atoms with Crippen LogP contribution in [-0.4, -0.2) is 121 Å². The summed E-state index contributed by atoms with van der Waals surface area (Å²) in [5.74, 6) is -2.05. The van der Waals surface area contributed by atoms with Crippen molar-refractivity contribution >= 4 is 134 Å². The van der Waals surface area contributed by atoms with Gasteiger partial charge in [0.2, 0.25) is 11.0 Å². The Labute approximate surface area is 432 Å². The topological polar surface area (TPSA) is 509 Å². The maximum absolute atomic E-state index is 12.7. The minimum absolute atomic E-state index is 0.0583. The number of thiazole rings is 1. The van der Waals surface area contributed by atoms with Crippen LogP contribution in [0.4, 0.5) is 33.6 Å². The van der Waals surface area contributed by atoms with Crippen LogP contribution < -0.4 is 4.74 Å². The molecular weight excluding hydrogens is 1160 g/mol. The minimum atomic E-state index is -5.15. The first-order chi connectivity index (χ1) is 35.3. The lowest BCUT2D eigenvalue weighted by molar-refractivity contribution is -0.191. The van der Waals surface area contributed by atoms with E-state index in [4.69, 9.17) is 44.1 Å². The van der Waals surface area contributed by atoms with Crippen LogP contribution in [0.2, 0.25) is 0 Å². The van der Waals surface area contributed by atoms with Crippen LogP contribution in [0.3, 0.4) is 0 Å². The van der Waals surface area contributed by atoms with Crippen molar-refractivity contribution in [3.05, 3.63) is 90.6 Å². The van der Waals surface area contributed by atoms with Crippen molar-refractivity contribution in [3.63, 3.8) is 0 Å². The van der Waals surface area contributed by atoms with Gasteiger partial charge in [-0.15, -0.1) is 55.9 Å². The first-order valence-corrected chi connectivity index (χ1v) is 28.1. The van der Waals surface area contributed by atoms with Crippen molar-refractivity contribution < 1.29 is 102 Å². The van der Waals surface area contributed by atoms with Gasteiger partial charge in [-0.05, 0) is 73.5 Å². The summed E-state index contributed by atoms with van der Waals surface area (Å²) in [5, 5.41) is 50.3. The Morgan fingerprint density at radius 1 is 0.645 bits per heavy atom. The Morgan fingerprint density at radius 2 is 1.17 bits per heavy atom. The first-order valence-electron chi connectivity index (χ1n) is 19.3. The molecule has 0 spiro atoms. The Morgan fingerprint density at radius 3 is 1.74 bits per heavy atom. The van der Waals surface area contributed by atoms with Crippen LogP contribution in [0.1, 0.15) is 12.0 Å². The second kappa shape index (κ2) is 25.4. The molecule has 0 atom stereocenters. The summed E-state index contributed by atoms with van der Waals surface area (Å²) in [6.07, 6.45) is 0.997. The lowest BCUT2D eigenvalue weighted by Gasteiger charge is -2.11. The summed E-state index contributed by atoms with van der Waals surface area (Å²) < 4.78 is 192. The highest BCUT2D eigenvalue weighted by Gasteiger charge is 2.24. The van der Waals surface area contributed by atoms with Gasteiger partial charge in [-0.1, -0.05) is 29.5 Å². The molecule has 5 aromatic carbocycles. The molecule has 39 heteroatoms. The summed E-state index contributed by atoms with van der Waals surface area (Å²) >= 11 is 1.31. The van der Waals surface area contributed by atoms with Crippen LogP contribution >= 0.6 is 11.3 Å². The lowest BCUT2D eigenvalue weighted by Crippen LogP contribution is -2.08. The van der Waals surface area contributed by atoms with Crippen molar-refractivity contribution in [1.82, 2.24) is 14.8 Å². The molecule has 0 saturated carbocycles. The van der Waals surface area contributed by atoms with E-state index in [2.05, 4.69) is 40.8 Å². The van der Waals surface area contributed by atoms with Crippen molar-refractivity contribution in [2.75, 3.05) is 12.4 Å². The first kappa shape index (κ1) is 60.5.